The summed E-state index contributed by atoms with van der Waals surface area (Å²) in [5, 5.41) is 2.96. The standard InChI is InChI=1S/C12H23N3O2/c13-5-4-11-12(16)14-6-2-7-15(11)9-10-3-1-8-17-10/h10-11H,1-9,13H2,(H,14,16). The number of nitrogens with zero attached hydrogens (tertiary/aromatic N) is 1. The second-order valence-corrected chi connectivity index (χ2v) is 4.87. The van der Waals surface area contributed by atoms with Gasteiger partial charge in [0, 0.05) is 26.2 Å². The topological polar surface area (TPSA) is 67.6 Å². The minimum Gasteiger partial charge on any atom is -0.377 e. The van der Waals surface area contributed by atoms with E-state index in [4.69, 9.17) is 10.5 Å². The minimum absolute atomic E-state index is 0.0632. The van der Waals surface area contributed by atoms with Gasteiger partial charge in [-0.1, -0.05) is 0 Å². The summed E-state index contributed by atoms with van der Waals surface area (Å²) >= 11 is 0. The van der Waals surface area contributed by atoms with Gasteiger partial charge in [0.2, 0.25) is 5.91 Å². The van der Waals surface area contributed by atoms with Crippen molar-refractivity contribution in [2.75, 3.05) is 32.8 Å². The molecule has 0 aromatic heterocycles. The Balaban J connectivity index is 1.95. The molecular formula is C12H23N3O2. The number of nitrogens with two attached hydrogens (primary N) is 1. The number of nitrogens with one attached hydrogen (secondary N) is 1. The number of amides is 1. The fraction of sp³-hybridized carbons (Fsp3) is 0.917. The molecule has 2 heterocycles. The highest BCUT2D eigenvalue weighted by molar-refractivity contribution is 5.81. The van der Waals surface area contributed by atoms with E-state index < -0.39 is 0 Å². The lowest BCUT2D eigenvalue weighted by atomic mass is 10.1. The van der Waals surface area contributed by atoms with Gasteiger partial charge in [-0.3, -0.25) is 9.69 Å². The van der Waals surface area contributed by atoms with Gasteiger partial charge in [-0.05, 0) is 32.2 Å². The van der Waals surface area contributed by atoms with Gasteiger partial charge in [0.1, 0.15) is 0 Å². The Morgan fingerprint density at radius 2 is 2.35 bits per heavy atom. The van der Waals surface area contributed by atoms with Crippen molar-refractivity contribution in [2.45, 2.75) is 37.8 Å². The maximum Gasteiger partial charge on any atom is 0.237 e. The third-order valence-corrected chi connectivity index (χ3v) is 3.57. The lowest BCUT2D eigenvalue weighted by Crippen LogP contribution is -2.47. The van der Waals surface area contributed by atoms with Gasteiger partial charge in [-0.25, -0.2) is 0 Å². The van der Waals surface area contributed by atoms with Crippen LogP contribution in [0.15, 0.2) is 0 Å². The second-order valence-electron chi connectivity index (χ2n) is 4.87. The highest BCUT2D eigenvalue weighted by Gasteiger charge is 2.30. The van der Waals surface area contributed by atoms with Crippen LogP contribution in [0.3, 0.4) is 0 Å². The Morgan fingerprint density at radius 3 is 3.06 bits per heavy atom. The predicted molar refractivity (Wildman–Crippen MR) is 65.6 cm³/mol. The molecule has 0 aromatic rings. The van der Waals surface area contributed by atoms with Crippen LogP contribution in [0.5, 0.6) is 0 Å². The van der Waals surface area contributed by atoms with E-state index in [1.54, 1.807) is 0 Å². The summed E-state index contributed by atoms with van der Waals surface area (Å²) < 4.78 is 5.65. The first-order chi connectivity index (χ1) is 8.31. The smallest absolute Gasteiger partial charge is 0.237 e. The first kappa shape index (κ1) is 12.8. The molecule has 0 spiro atoms. The molecule has 0 bridgehead atoms. The Hall–Kier alpha value is -0.650. The van der Waals surface area contributed by atoms with Crippen molar-refractivity contribution in [1.82, 2.24) is 10.2 Å². The van der Waals surface area contributed by atoms with Crippen molar-refractivity contribution in [3.8, 4) is 0 Å². The van der Waals surface area contributed by atoms with Crippen LogP contribution in [-0.2, 0) is 9.53 Å². The average molecular weight is 241 g/mol. The highest BCUT2D eigenvalue weighted by atomic mass is 16.5. The Morgan fingerprint density at radius 1 is 1.47 bits per heavy atom. The molecule has 5 heteroatoms. The van der Waals surface area contributed by atoms with Crippen LogP contribution in [0.2, 0.25) is 0 Å². The molecule has 0 aromatic carbocycles. The van der Waals surface area contributed by atoms with E-state index in [9.17, 15) is 4.79 Å². The third kappa shape index (κ3) is 3.40. The fourth-order valence-electron chi connectivity index (χ4n) is 2.67. The number of ether oxygens (including phenoxy) is 1. The summed E-state index contributed by atoms with van der Waals surface area (Å²) in [6.07, 6.45) is 4.32. The van der Waals surface area contributed by atoms with Crippen LogP contribution in [-0.4, -0.2) is 55.7 Å². The normalized spacial score (nSPS) is 31.2. The predicted octanol–water partition coefficient (Wildman–Crippen LogP) is -0.295. The number of carbonyl (C=O) groups excluding carboxylic acids is 1. The van der Waals surface area contributed by atoms with Gasteiger partial charge >= 0.3 is 0 Å². The van der Waals surface area contributed by atoms with Crippen molar-refractivity contribution in [3.63, 3.8) is 0 Å². The Labute approximate surface area is 103 Å². The van der Waals surface area contributed by atoms with Gasteiger partial charge in [0.25, 0.3) is 0 Å². The van der Waals surface area contributed by atoms with Crippen LogP contribution in [0.4, 0.5) is 0 Å². The van der Waals surface area contributed by atoms with Gasteiger partial charge in [-0.2, -0.15) is 0 Å². The number of hydrogen-bond acceptors (Lipinski definition) is 4. The largest absolute Gasteiger partial charge is 0.377 e. The first-order valence-electron chi connectivity index (χ1n) is 6.64. The summed E-state index contributed by atoms with van der Waals surface area (Å²) in [5.41, 5.74) is 5.61. The molecule has 2 saturated heterocycles. The highest BCUT2D eigenvalue weighted by Crippen LogP contribution is 2.17. The fourth-order valence-corrected chi connectivity index (χ4v) is 2.67. The van der Waals surface area contributed by atoms with Gasteiger partial charge in [0.15, 0.2) is 0 Å². The number of carbonyl (C=O) groups is 1. The van der Waals surface area contributed by atoms with Crippen LogP contribution in [0.1, 0.15) is 25.7 Å². The van der Waals surface area contributed by atoms with Crippen LogP contribution >= 0.6 is 0 Å². The summed E-state index contributed by atoms with van der Waals surface area (Å²) in [6, 6.07) is -0.0632. The molecule has 2 aliphatic heterocycles. The second kappa shape index (κ2) is 6.33. The zero-order valence-corrected chi connectivity index (χ0v) is 10.4. The molecular weight excluding hydrogens is 218 g/mol. The molecule has 2 rings (SSSR count). The molecule has 98 valence electrons. The van der Waals surface area contributed by atoms with Crippen molar-refractivity contribution < 1.29 is 9.53 Å². The van der Waals surface area contributed by atoms with Crippen LogP contribution in [0, 0.1) is 0 Å². The van der Waals surface area contributed by atoms with Gasteiger partial charge in [0.05, 0.1) is 12.1 Å². The van der Waals surface area contributed by atoms with E-state index in [0.29, 0.717) is 12.6 Å². The van der Waals surface area contributed by atoms with Crippen molar-refractivity contribution in [1.29, 1.82) is 0 Å². The zero-order valence-electron chi connectivity index (χ0n) is 10.4. The van der Waals surface area contributed by atoms with E-state index in [1.807, 2.05) is 0 Å². The SMILES string of the molecule is NCCC1C(=O)NCCCN1CC1CCCO1. The molecule has 2 unspecified atom stereocenters. The summed E-state index contributed by atoms with van der Waals surface area (Å²) in [5.74, 6) is 0.131. The molecule has 5 nitrogen and oxygen atoms in total. The molecule has 17 heavy (non-hydrogen) atoms. The maximum absolute atomic E-state index is 11.9. The third-order valence-electron chi connectivity index (χ3n) is 3.57. The monoisotopic (exact) mass is 241 g/mol. The number of hydrogen-bond donors (Lipinski definition) is 2. The maximum atomic E-state index is 11.9. The Kier molecular flexibility index (Phi) is 4.76. The van der Waals surface area contributed by atoms with Crippen molar-refractivity contribution >= 4 is 5.91 Å². The molecule has 3 N–H and O–H groups in total. The summed E-state index contributed by atoms with van der Waals surface area (Å²) in [6.45, 7) is 4.04. The molecule has 0 radical (unpaired) electrons. The van der Waals surface area contributed by atoms with E-state index in [0.717, 1.165) is 51.9 Å². The van der Waals surface area contributed by atoms with Crippen LogP contribution in [0.25, 0.3) is 0 Å². The average Bonchev–Trinajstić information content (AvgIpc) is 2.76. The van der Waals surface area contributed by atoms with Crippen LogP contribution < -0.4 is 11.1 Å². The van der Waals surface area contributed by atoms with Crippen molar-refractivity contribution in [3.05, 3.63) is 0 Å². The van der Waals surface area contributed by atoms with Gasteiger partial charge in [-0.15, -0.1) is 0 Å². The van der Waals surface area contributed by atoms with Gasteiger partial charge < -0.3 is 15.8 Å². The molecule has 2 aliphatic rings. The van der Waals surface area contributed by atoms with E-state index in [1.165, 1.54) is 0 Å². The molecule has 1 amide bonds. The first-order valence-corrected chi connectivity index (χ1v) is 6.64. The quantitative estimate of drug-likeness (QED) is 0.709. The molecule has 0 aliphatic carbocycles. The van der Waals surface area contributed by atoms with E-state index in [-0.39, 0.29) is 11.9 Å². The number of rotatable bonds is 4. The Bertz CT molecular complexity index is 254. The molecule has 2 fully saturated rings. The molecule has 2 atom stereocenters. The summed E-state index contributed by atoms with van der Waals surface area (Å²) in [4.78, 5) is 14.2. The lowest BCUT2D eigenvalue weighted by Gasteiger charge is -2.29. The van der Waals surface area contributed by atoms with E-state index in [2.05, 4.69) is 10.2 Å². The zero-order chi connectivity index (χ0) is 12.1. The summed E-state index contributed by atoms with van der Waals surface area (Å²) in [7, 11) is 0. The lowest BCUT2D eigenvalue weighted by molar-refractivity contribution is -0.126. The van der Waals surface area contributed by atoms with Crippen molar-refractivity contribution in [2.24, 2.45) is 5.73 Å². The van der Waals surface area contributed by atoms with E-state index >= 15 is 0 Å². The minimum atomic E-state index is -0.0632. The molecule has 0 saturated carbocycles.